The Morgan fingerprint density at radius 2 is 2.07 bits per heavy atom. The van der Waals surface area contributed by atoms with Crippen molar-refractivity contribution >= 4 is 28.3 Å². The molecule has 0 N–H and O–H groups in total. The van der Waals surface area contributed by atoms with E-state index in [2.05, 4.69) is 4.98 Å². The van der Waals surface area contributed by atoms with E-state index in [-0.39, 0.29) is 5.78 Å². The third kappa shape index (κ3) is 1.85. The first-order valence-corrected chi connectivity index (χ1v) is 5.03. The normalized spacial score (nSPS) is 10.6. The topological polar surface area (TPSA) is 30.0 Å². The van der Waals surface area contributed by atoms with Crippen molar-refractivity contribution in [3.63, 3.8) is 0 Å². The number of rotatable bonds is 1. The van der Waals surface area contributed by atoms with Crippen LogP contribution in [0.25, 0.3) is 10.9 Å². The molecule has 0 amide bonds. The van der Waals surface area contributed by atoms with Gasteiger partial charge in [-0.05, 0) is 38.1 Å². The number of nitrogens with zero attached hydrogens (tertiary/aromatic N) is 1. The van der Waals surface area contributed by atoms with Crippen molar-refractivity contribution in [1.29, 1.82) is 0 Å². The molecule has 1 aromatic carbocycles. The van der Waals surface area contributed by atoms with Gasteiger partial charge in [0, 0.05) is 21.7 Å². The van der Waals surface area contributed by atoms with E-state index in [9.17, 15) is 4.79 Å². The number of benzene rings is 1. The molecule has 0 radical (unpaired) electrons. The Kier molecular flexibility index (Phi) is 2.45. The summed E-state index contributed by atoms with van der Waals surface area (Å²) in [6.07, 6.45) is 0. The van der Waals surface area contributed by atoms with Gasteiger partial charge in [-0.15, -0.1) is 0 Å². The lowest BCUT2D eigenvalue weighted by atomic mass is 10.1. The summed E-state index contributed by atoms with van der Waals surface area (Å²) in [5.41, 5.74) is 2.33. The number of hydrogen-bond acceptors (Lipinski definition) is 2. The third-order valence-electron chi connectivity index (χ3n) is 2.28. The fourth-order valence-corrected chi connectivity index (χ4v) is 1.79. The van der Waals surface area contributed by atoms with Crippen molar-refractivity contribution in [3.05, 3.63) is 40.5 Å². The fraction of sp³-hybridized carbons (Fsp3) is 0.167. The average Bonchev–Trinajstić information content (AvgIpc) is 2.17. The van der Waals surface area contributed by atoms with Gasteiger partial charge in [-0.25, -0.2) is 0 Å². The highest BCUT2D eigenvalue weighted by molar-refractivity contribution is 6.31. The van der Waals surface area contributed by atoms with Gasteiger partial charge in [0.05, 0.1) is 5.52 Å². The lowest BCUT2D eigenvalue weighted by Crippen LogP contribution is -1.97. The summed E-state index contributed by atoms with van der Waals surface area (Å²) in [4.78, 5) is 15.8. The van der Waals surface area contributed by atoms with E-state index in [0.29, 0.717) is 10.6 Å². The van der Waals surface area contributed by atoms with Crippen LogP contribution in [-0.2, 0) is 0 Å². The van der Waals surface area contributed by atoms with E-state index >= 15 is 0 Å². The highest BCUT2D eigenvalue weighted by Crippen LogP contribution is 2.22. The van der Waals surface area contributed by atoms with Crippen LogP contribution in [0.5, 0.6) is 0 Å². The Morgan fingerprint density at radius 1 is 1.33 bits per heavy atom. The SMILES string of the molecule is CC(=O)c1cc(C)nc2ccc(Cl)cc12. The minimum absolute atomic E-state index is 0.0350. The van der Waals surface area contributed by atoms with Crippen molar-refractivity contribution in [2.75, 3.05) is 0 Å². The molecule has 0 spiro atoms. The Balaban J connectivity index is 2.87. The molecule has 15 heavy (non-hydrogen) atoms. The van der Waals surface area contributed by atoms with E-state index in [1.807, 2.05) is 13.0 Å². The van der Waals surface area contributed by atoms with E-state index < -0.39 is 0 Å². The molecule has 0 saturated heterocycles. The maximum Gasteiger partial charge on any atom is 0.160 e. The van der Waals surface area contributed by atoms with Crippen LogP contribution in [0.3, 0.4) is 0 Å². The summed E-state index contributed by atoms with van der Waals surface area (Å²) in [6, 6.07) is 7.18. The summed E-state index contributed by atoms with van der Waals surface area (Å²) in [5.74, 6) is 0.0350. The summed E-state index contributed by atoms with van der Waals surface area (Å²) in [7, 11) is 0. The Labute approximate surface area is 92.9 Å². The highest BCUT2D eigenvalue weighted by Gasteiger charge is 2.08. The van der Waals surface area contributed by atoms with Crippen molar-refractivity contribution in [1.82, 2.24) is 4.98 Å². The van der Waals surface area contributed by atoms with E-state index in [0.717, 1.165) is 16.6 Å². The van der Waals surface area contributed by atoms with Crippen LogP contribution in [0.15, 0.2) is 24.3 Å². The second-order valence-electron chi connectivity index (χ2n) is 3.53. The Hall–Kier alpha value is -1.41. The molecule has 2 aromatic rings. The molecule has 0 saturated carbocycles. The Morgan fingerprint density at radius 3 is 2.73 bits per heavy atom. The van der Waals surface area contributed by atoms with Crippen molar-refractivity contribution < 1.29 is 4.79 Å². The maximum atomic E-state index is 11.5. The molecule has 0 bridgehead atoms. The van der Waals surface area contributed by atoms with Crippen molar-refractivity contribution in [2.24, 2.45) is 0 Å². The molecule has 2 nitrogen and oxygen atoms in total. The van der Waals surface area contributed by atoms with Gasteiger partial charge in [-0.1, -0.05) is 11.6 Å². The van der Waals surface area contributed by atoms with Crippen LogP contribution in [0.2, 0.25) is 5.02 Å². The minimum atomic E-state index is 0.0350. The summed E-state index contributed by atoms with van der Waals surface area (Å²) in [5, 5.41) is 1.44. The second kappa shape index (κ2) is 3.63. The molecule has 1 aromatic heterocycles. The number of Topliss-reactive ketones (excluding diaryl/α,β-unsaturated/α-hetero) is 1. The lowest BCUT2D eigenvalue weighted by molar-refractivity contribution is 0.101. The molecule has 1 heterocycles. The van der Waals surface area contributed by atoms with Crippen LogP contribution >= 0.6 is 11.6 Å². The van der Waals surface area contributed by atoms with Gasteiger partial charge in [-0.2, -0.15) is 0 Å². The molecule has 2 rings (SSSR count). The number of halogens is 1. The molecule has 76 valence electrons. The number of pyridine rings is 1. The zero-order chi connectivity index (χ0) is 11.0. The minimum Gasteiger partial charge on any atom is -0.294 e. The van der Waals surface area contributed by atoms with Gasteiger partial charge in [0.15, 0.2) is 5.78 Å². The summed E-state index contributed by atoms with van der Waals surface area (Å²) in [6.45, 7) is 3.43. The van der Waals surface area contributed by atoms with E-state index in [1.54, 1.807) is 25.1 Å². The summed E-state index contributed by atoms with van der Waals surface area (Å²) < 4.78 is 0. The first-order valence-electron chi connectivity index (χ1n) is 4.66. The molecular formula is C12H10ClNO. The number of aromatic nitrogens is 1. The van der Waals surface area contributed by atoms with Gasteiger partial charge in [0.25, 0.3) is 0 Å². The maximum absolute atomic E-state index is 11.5. The van der Waals surface area contributed by atoms with Gasteiger partial charge in [0.2, 0.25) is 0 Å². The lowest BCUT2D eigenvalue weighted by Gasteiger charge is -2.05. The number of ketones is 1. The Bertz CT molecular complexity index is 549. The van der Waals surface area contributed by atoms with Crippen LogP contribution < -0.4 is 0 Å². The molecule has 0 aliphatic carbocycles. The van der Waals surface area contributed by atoms with Crippen LogP contribution in [-0.4, -0.2) is 10.8 Å². The van der Waals surface area contributed by atoms with Gasteiger partial charge < -0.3 is 0 Å². The first-order chi connectivity index (χ1) is 7.08. The number of carbonyl (C=O) groups excluding carboxylic acids is 1. The molecule has 0 unspecified atom stereocenters. The number of fused-ring (bicyclic) bond motifs is 1. The predicted molar refractivity (Wildman–Crippen MR) is 61.5 cm³/mol. The molecule has 0 atom stereocenters. The van der Waals surface area contributed by atoms with Gasteiger partial charge >= 0.3 is 0 Å². The zero-order valence-electron chi connectivity index (χ0n) is 8.54. The van der Waals surface area contributed by atoms with Gasteiger partial charge in [-0.3, -0.25) is 9.78 Å². The third-order valence-corrected chi connectivity index (χ3v) is 2.51. The molecular weight excluding hydrogens is 210 g/mol. The standard InChI is InChI=1S/C12H10ClNO/c1-7-5-10(8(2)15)11-6-9(13)3-4-12(11)14-7/h3-6H,1-2H3. The van der Waals surface area contributed by atoms with Crippen molar-refractivity contribution in [3.8, 4) is 0 Å². The number of hydrogen-bond donors (Lipinski definition) is 0. The summed E-state index contributed by atoms with van der Waals surface area (Å²) >= 11 is 5.90. The number of carbonyl (C=O) groups is 1. The van der Waals surface area contributed by atoms with Crippen LogP contribution in [0.4, 0.5) is 0 Å². The zero-order valence-corrected chi connectivity index (χ0v) is 9.30. The quantitative estimate of drug-likeness (QED) is 0.688. The average molecular weight is 220 g/mol. The second-order valence-corrected chi connectivity index (χ2v) is 3.97. The van der Waals surface area contributed by atoms with Crippen LogP contribution in [0, 0.1) is 6.92 Å². The van der Waals surface area contributed by atoms with E-state index in [4.69, 9.17) is 11.6 Å². The van der Waals surface area contributed by atoms with E-state index in [1.165, 1.54) is 0 Å². The van der Waals surface area contributed by atoms with Crippen LogP contribution in [0.1, 0.15) is 23.0 Å². The largest absolute Gasteiger partial charge is 0.294 e. The molecule has 0 aliphatic heterocycles. The predicted octanol–water partition coefficient (Wildman–Crippen LogP) is 3.40. The number of aryl methyl sites for hydroxylation is 1. The first kappa shape index (κ1) is 10.1. The monoisotopic (exact) mass is 219 g/mol. The molecule has 0 fully saturated rings. The molecule has 0 aliphatic rings. The molecule has 3 heteroatoms. The highest BCUT2D eigenvalue weighted by atomic mass is 35.5. The smallest absolute Gasteiger partial charge is 0.160 e. The fourth-order valence-electron chi connectivity index (χ4n) is 1.62. The van der Waals surface area contributed by atoms with Gasteiger partial charge in [0.1, 0.15) is 0 Å². The van der Waals surface area contributed by atoms with Crippen molar-refractivity contribution in [2.45, 2.75) is 13.8 Å².